The molecule has 0 saturated heterocycles. The van der Waals surface area contributed by atoms with E-state index in [1.54, 1.807) is 11.8 Å². The zero-order valence-corrected chi connectivity index (χ0v) is 13.1. The number of amides is 1. The lowest BCUT2D eigenvalue weighted by molar-refractivity contribution is 0.0943. The van der Waals surface area contributed by atoms with Gasteiger partial charge in [-0.25, -0.2) is 4.68 Å². The number of hydrogen-bond donors (Lipinski definition) is 1. The normalized spacial score (nSPS) is 10.8. The maximum Gasteiger partial charge on any atom is 0.273 e. The first-order valence-corrected chi connectivity index (χ1v) is 7.31. The molecule has 0 aliphatic rings. The van der Waals surface area contributed by atoms with Crippen molar-refractivity contribution >= 4 is 17.6 Å². The number of ether oxygens (including phenoxy) is 1. The predicted octanol–water partition coefficient (Wildman–Crippen LogP) is 0.561. The van der Waals surface area contributed by atoms with Gasteiger partial charge in [0.1, 0.15) is 0 Å². The number of methoxy groups -OCH3 is 1. The largest absolute Gasteiger partial charge is 0.385 e. The lowest BCUT2D eigenvalue weighted by Crippen LogP contribution is -2.26. The summed E-state index contributed by atoms with van der Waals surface area (Å²) in [4.78, 5) is 12.0. The molecule has 21 heavy (non-hydrogen) atoms. The Bertz CT molecular complexity index is 609. The van der Waals surface area contributed by atoms with Crippen molar-refractivity contribution < 1.29 is 9.53 Å². The minimum Gasteiger partial charge on any atom is -0.385 e. The molecule has 0 aliphatic carbocycles. The van der Waals surface area contributed by atoms with Crippen molar-refractivity contribution in [1.82, 2.24) is 29.1 Å². The van der Waals surface area contributed by atoms with Gasteiger partial charge in [0.25, 0.3) is 5.91 Å². The van der Waals surface area contributed by atoms with Crippen LogP contribution in [0, 0.1) is 13.8 Å². The fourth-order valence-corrected chi connectivity index (χ4v) is 2.31. The van der Waals surface area contributed by atoms with Crippen LogP contribution in [0.25, 0.3) is 0 Å². The molecule has 0 fully saturated rings. The third-order valence-electron chi connectivity index (χ3n) is 3.05. The van der Waals surface area contributed by atoms with E-state index in [0.717, 1.165) is 17.8 Å². The van der Waals surface area contributed by atoms with Gasteiger partial charge in [0.05, 0.1) is 35.4 Å². The van der Waals surface area contributed by atoms with Crippen molar-refractivity contribution in [2.45, 2.75) is 26.8 Å². The molecule has 0 saturated carbocycles. The highest BCUT2D eigenvalue weighted by atomic mass is 32.1. The SMILES string of the molecule is COCCCNC(=O)c1nnn(Cc2nsnc2C)c1C. The second-order valence-corrected chi connectivity index (χ2v) is 5.11. The van der Waals surface area contributed by atoms with Crippen LogP contribution in [0.4, 0.5) is 0 Å². The smallest absolute Gasteiger partial charge is 0.273 e. The number of carbonyl (C=O) groups excluding carboxylic acids is 1. The van der Waals surface area contributed by atoms with Crippen molar-refractivity contribution in [3.63, 3.8) is 0 Å². The van der Waals surface area contributed by atoms with E-state index in [-0.39, 0.29) is 5.91 Å². The van der Waals surface area contributed by atoms with Gasteiger partial charge in [-0.15, -0.1) is 5.10 Å². The van der Waals surface area contributed by atoms with E-state index in [1.165, 1.54) is 11.7 Å². The summed E-state index contributed by atoms with van der Waals surface area (Å²) in [6.07, 6.45) is 0.763. The molecule has 8 nitrogen and oxygen atoms in total. The van der Waals surface area contributed by atoms with Crippen LogP contribution in [0.2, 0.25) is 0 Å². The molecule has 2 heterocycles. The van der Waals surface area contributed by atoms with Crippen LogP contribution in [0.3, 0.4) is 0 Å². The molecule has 0 aromatic carbocycles. The van der Waals surface area contributed by atoms with Crippen molar-refractivity contribution in [3.8, 4) is 0 Å². The molecule has 0 unspecified atom stereocenters. The highest BCUT2D eigenvalue weighted by molar-refractivity contribution is 6.99. The summed E-state index contributed by atoms with van der Waals surface area (Å²) in [7, 11) is 1.63. The maximum absolute atomic E-state index is 12.0. The first-order chi connectivity index (χ1) is 10.1. The molecule has 0 aliphatic heterocycles. The molecule has 114 valence electrons. The standard InChI is InChI=1S/C12H18N6O2S/c1-8-10(16-21-15-8)7-18-9(2)11(14-17-18)12(19)13-5-4-6-20-3/h4-7H2,1-3H3,(H,13,19). The summed E-state index contributed by atoms with van der Waals surface area (Å²) in [5.74, 6) is -0.219. The van der Waals surface area contributed by atoms with E-state index < -0.39 is 0 Å². The van der Waals surface area contributed by atoms with Gasteiger partial charge in [-0.3, -0.25) is 4.79 Å². The number of nitrogens with one attached hydrogen (secondary N) is 1. The van der Waals surface area contributed by atoms with Crippen LogP contribution in [-0.2, 0) is 11.3 Å². The van der Waals surface area contributed by atoms with E-state index in [2.05, 4.69) is 24.4 Å². The summed E-state index contributed by atoms with van der Waals surface area (Å²) in [5.41, 5.74) is 2.78. The number of carbonyl (C=O) groups is 1. The fraction of sp³-hybridized carbons (Fsp3) is 0.583. The third-order valence-corrected chi connectivity index (χ3v) is 3.71. The van der Waals surface area contributed by atoms with Gasteiger partial charge in [0.2, 0.25) is 0 Å². The molecule has 2 aromatic rings. The molecule has 2 rings (SSSR count). The maximum atomic E-state index is 12.0. The topological polar surface area (TPSA) is 94.8 Å². The Hall–Kier alpha value is -1.87. The van der Waals surface area contributed by atoms with E-state index in [4.69, 9.17) is 4.74 Å². The Morgan fingerprint density at radius 1 is 1.38 bits per heavy atom. The lowest BCUT2D eigenvalue weighted by Gasteiger charge is -2.04. The summed E-state index contributed by atoms with van der Waals surface area (Å²) in [5, 5.41) is 10.8. The van der Waals surface area contributed by atoms with Crippen LogP contribution in [-0.4, -0.2) is 49.9 Å². The van der Waals surface area contributed by atoms with Crippen LogP contribution < -0.4 is 5.32 Å². The summed E-state index contributed by atoms with van der Waals surface area (Å²) < 4.78 is 14.9. The van der Waals surface area contributed by atoms with Crippen molar-refractivity contribution in [1.29, 1.82) is 0 Å². The lowest BCUT2D eigenvalue weighted by atomic mass is 10.3. The second kappa shape index (κ2) is 7.23. The number of hydrogen-bond acceptors (Lipinski definition) is 7. The molecule has 1 N–H and O–H groups in total. The Kier molecular flexibility index (Phi) is 5.34. The number of aryl methyl sites for hydroxylation is 1. The van der Waals surface area contributed by atoms with Gasteiger partial charge in [-0.05, 0) is 20.3 Å². The second-order valence-electron chi connectivity index (χ2n) is 4.58. The summed E-state index contributed by atoms with van der Waals surface area (Å²) in [6, 6.07) is 0. The molecule has 1 amide bonds. The van der Waals surface area contributed by atoms with Crippen LogP contribution in [0.5, 0.6) is 0 Å². The van der Waals surface area contributed by atoms with Crippen LogP contribution >= 0.6 is 11.7 Å². The van der Waals surface area contributed by atoms with Crippen LogP contribution in [0.15, 0.2) is 0 Å². The van der Waals surface area contributed by atoms with E-state index in [9.17, 15) is 4.79 Å². The van der Waals surface area contributed by atoms with Gasteiger partial charge in [0.15, 0.2) is 5.69 Å². The number of nitrogens with zero attached hydrogens (tertiary/aromatic N) is 5. The molecule has 0 atom stereocenters. The van der Waals surface area contributed by atoms with Gasteiger partial charge >= 0.3 is 0 Å². The summed E-state index contributed by atoms with van der Waals surface area (Å²) >= 11 is 1.17. The Morgan fingerprint density at radius 3 is 2.86 bits per heavy atom. The minimum atomic E-state index is -0.219. The Labute approximate surface area is 126 Å². The first kappa shape index (κ1) is 15.5. The average molecular weight is 310 g/mol. The molecule has 2 aromatic heterocycles. The third kappa shape index (κ3) is 3.82. The van der Waals surface area contributed by atoms with E-state index in [1.807, 2.05) is 13.8 Å². The quantitative estimate of drug-likeness (QED) is 0.751. The Morgan fingerprint density at radius 2 is 2.19 bits per heavy atom. The van der Waals surface area contributed by atoms with Crippen molar-refractivity contribution in [3.05, 3.63) is 22.8 Å². The molecular formula is C12H18N6O2S. The van der Waals surface area contributed by atoms with Crippen LogP contribution in [0.1, 0.15) is 34.0 Å². The molecule has 9 heteroatoms. The summed E-state index contributed by atoms with van der Waals surface area (Å²) in [6.45, 7) is 5.35. The monoisotopic (exact) mass is 310 g/mol. The first-order valence-electron chi connectivity index (χ1n) is 6.58. The predicted molar refractivity (Wildman–Crippen MR) is 77.3 cm³/mol. The van der Waals surface area contributed by atoms with E-state index in [0.29, 0.717) is 31.1 Å². The molecule has 0 radical (unpaired) electrons. The van der Waals surface area contributed by atoms with Gasteiger partial charge in [-0.2, -0.15) is 8.75 Å². The molecule has 0 bridgehead atoms. The average Bonchev–Trinajstić information content (AvgIpc) is 3.03. The zero-order valence-electron chi connectivity index (χ0n) is 12.3. The van der Waals surface area contributed by atoms with Crippen molar-refractivity contribution in [2.75, 3.05) is 20.3 Å². The molecule has 0 spiro atoms. The zero-order chi connectivity index (χ0) is 15.2. The number of rotatable bonds is 7. The highest BCUT2D eigenvalue weighted by Crippen LogP contribution is 2.09. The van der Waals surface area contributed by atoms with Gasteiger partial charge in [-0.1, -0.05) is 5.21 Å². The Balaban J connectivity index is 1.99. The highest BCUT2D eigenvalue weighted by Gasteiger charge is 2.17. The number of aromatic nitrogens is 5. The van der Waals surface area contributed by atoms with E-state index >= 15 is 0 Å². The van der Waals surface area contributed by atoms with Gasteiger partial charge in [0, 0.05) is 20.3 Å². The van der Waals surface area contributed by atoms with Gasteiger partial charge < -0.3 is 10.1 Å². The minimum absolute atomic E-state index is 0.219. The van der Waals surface area contributed by atoms with Crippen molar-refractivity contribution in [2.24, 2.45) is 0 Å². The fourth-order valence-electron chi connectivity index (χ4n) is 1.76. The molecular weight excluding hydrogens is 292 g/mol.